The fourth-order valence-corrected chi connectivity index (χ4v) is 3.82. The Balaban J connectivity index is 1.73. The van der Waals surface area contributed by atoms with Crippen LogP contribution in [-0.2, 0) is 24.1 Å². The molecule has 3 rings (SSSR count). The van der Waals surface area contributed by atoms with Crippen molar-refractivity contribution in [1.29, 1.82) is 0 Å². The minimum Gasteiger partial charge on any atom is -0.481 e. The lowest BCUT2D eigenvalue weighted by Gasteiger charge is -2.27. The van der Waals surface area contributed by atoms with Crippen LogP contribution in [0.25, 0.3) is 0 Å². The lowest BCUT2D eigenvalue weighted by Crippen LogP contribution is -2.36. The van der Waals surface area contributed by atoms with Crippen molar-refractivity contribution in [2.45, 2.75) is 57.4 Å². The summed E-state index contributed by atoms with van der Waals surface area (Å²) in [7, 11) is 0. The molecule has 0 spiro atoms. The van der Waals surface area contributed by atoms with Gasteiger partial charge >= 0.3 is 5.97 Å². The molecule has 0 saturated carbocycles. The van der Waals surface area contributed by atoms with E-state index in [9.17, 15) is 9.90 Å². The van der Waals surface area contributed by atoms with Gasteiger partial charge < -0.3 is 5.11 Å². The van der Waals surface area contributed by atoms with Crippen molar-refractivity contribution in [2.75, 3.05) is 13.1 Å². The maximum atomic E-state index is 11.2. The third kappa shape index (κ3) is 3.65. The van der Waals surface area contributed by atoms with Gasteiger partial charge in [0.25, 0.3) is 0 Å². The van der Waals surface area contributed by atoms with E-state index in [1.54, 1.807) is 0 Å². The molecule has 114 valence electrons. The third-order valence-electron chi connectivity index (χ3n) is 4.95. The Kier molecular flexibility index (Phi) is 4.59. The Morgan fingerprint density at radius 2 is 1.81 bits per heavy atom. The van der Waals surface area contributed by atoms with Crippen molar-refractivity contribution >= 4 is 5.97 Å². The maximum absolute atomic E-state index is 11.2. The van der Waals surface area contributed by atoms with Gasteiger partial charge in [-0.3, -0.25) is 9.69 Å². The molecule has 1 heterocycles. The van der Waals surface area contributed by atoms with Gasteiger partial charge in [-0.1, -0.05) is 18.2 Å². The maximum Gasteiger partial charge on any atom is 0.304 e. The highest BCUT2D eigenvalue weighted by Crippen LogP contribution is 2.24. The van der Waals surface area contributed by atoms with Crippen molar-refractivity contribution in [3.8, 4) is 0 Å². The molecular formula is C18H25NO2. The topological polar surface area (TPSA) is 40.5 Å². The molecule has 1 fully saturated rings. The van der Waals surface area contributed by atoms with E-state index in [1.165, 1.54) is 55.2 Å². The van der Waals surface area contributed by atoms with Crippen molar-refractivity contribution in [2.24, 2.45) is 0 Å². The largest absolute Gasteiger partial charge is 0.481 e. The first-order valence-corrected chi connectivity index (χ1v) is 8.29. The molecule has 1 N–H and O–H groups in total. The summed E-state index contributed by atoms with van der Waals surface area (Å²) < 4.78 is 0. The Morgan fingerprint density at radius 1 is 1.10 bits per heavy atom. The van der Waals surface area contributed by atoms with Crippen molar-refractivity contribution in [3.63, 3.8) is 0 Å². The SMILES string of the molecule is O=C(O)CC(Cc1ccc2c(c1)CCCC2)N1CCCC1. The van der Waals surface area contributed by atoms with Gasteiger partial charge in [-0.05, 0) is 74.7 Å². The van der Waals surface area contributed by atoms with E-state index in [0.29, 0.717) is 0 Å². The number of carboxylic acids is 1. The van der Waals surface area contributed by atoms with E-state index in [1.807, 2.05) is 0 Å². The number of hydrogen-bond donors (Lipinski definition) is 1. The fraction of sp³-hybridized carbons (Fsp3) is 0.611. The van der Waals surface area contributed by atoms with Gasteiger partial charge in [-0.25, -0.2) is 0 Å². The number of benzene rings is 1. The van der Waals surface area contributed by atoms with E-state index >= 15 is 0 Å². The molecule has 0 amide bonds. The van der Waals surface area contributed by atoms with E-state index in [-0.39, 0.29) is 12.5 Å². The van der Waals surface area contributed by atoms with Crippen LogP contribution in [0.4, 0.5) is 0 Å². The molecular weight excluding hydrogens is 262 g/mol. The van der Waals surface area contributed by atoms with Crippen LogP contribution in [0.15, 0.2) is 18.2 Å². The van der Waals surface area contributed by atoms with Crippen LogP contribution < -0.4 is 0 Å². The van der Waals surface area contributed by atoms with Crippen LogP contribution in [0.3, 0.4) is 0 Å². The molecule has 0 aromatic heterocycles. The summed E-state index contributed by atoms with van der Waals surface area (Å²) in [4.78, 5) is 13.5. The van der Waals surface area contributed by atoms with Crippen LogP contribution in [0.2, 0.25) is 0 Å². The normalized spacial score (nSPS) is 20.2. The van der Waals surface area contributed by atoms with Crippen molar-refractivity contribution in [3.05, 3.63) is 34.9 Å². The fourth-order valence-electron chi connectivity index (χ4n) is 3.82. The number of aryl methyl sites for hydroxylation is 2. The molecule has 1 aromatic rings. The lowest BCUT2D eigenvalue weighted by molar-refractivity contribution is -0.138. The second-order valence-electron chi connectivity index (χ2n) is 6.51. The van der Waals surface area contributed by atoms with Gasteiger partial charge in [0.15, 0.2) is 0 Å². The molecule has 1 saturated heterocycles. The van der Waals surface area contributed by atoms with Gasteiger partial charge in [-0.15, -0.1) is 0 Å². The molecule has 0 radical (unpaired) electrons. The average molecular weight is 287 g/mol. The van der Waals surface area contributed by atoms with Gasteiger partial charge in [-0.2, -0.15) is 0 Å². The molecule has 2 aliphatic rings. The Bertz CT molecular complexity index is 506. The summed E-state index contributed by atoms with van der Waals surface area (Å²) >= 11 is 0. The first-order chi connectivity index (χ1) is 10.2. The van der Waals surface area contributed by atoms with Crippen LogP contribution in [0.5, 0.6) is 0 Å². The van der Waals surface area contributed by atoms with E-state index in [0.717, 1.165) is 19.5 Å². The summed E-state index contributed by atoms with van der Waals surface area (Å²) in [6.07, 6.45) is 8.55. The number of likely N-dealkylation sites (tertiary alicyclic amines) is 1. The summed E-state index contributed by atoms with van der Waals surface area (Å²) in [6.45, 7) is 2.12. The zero-order valence-corrected chi connectivity index (χ0v) is 12.7. The molecule has 21 heavy (non-hydrogen) atoms. The predicted octanol–water partition coefficient (Wildman–Crippen LogP) is 3.05. The minimum absolute atomic E-state index is 0.159. The molecule has 1 atom stereocenters. The standard InChI is InChI=1S/C18H25NO2/c20-18(21)13-17(19-9-3-4-10-19)12-14-7-8-15-5-1-2-6-16(15)11-14/h7-8,11,17H,1-6,9-10,12-13H2,(H,20,21). The summed E-state index contributed by atoms with van der Waals surface area (Å²) in [5.74, 6) is -0.676. The van der Waals surface area contributed by atoms with Gasteiger partial charge in [0.2, 0.25) is 0 Å². The zero-order chi connectivity index (χ0) is 14.7. The number of carbonyl (C=O) groups is 1. The summed E-state index contributed by atoms with van der Waals surface area (Å²) in [6, 6.07) is 6.98. The highest BCUT2D eigenvalue weighted by Gasteiger charge is 2.24. The highest BCUT2D eigenvalue weighted by molar-refractivity contribution is 5.67. The predicted molar refractivity (Wildman–Crippen MR) is 83.6 cm³/mol. The molecule has 1 aliphatic heterocycles. The van der Waals surface area contributed by atoms with E-state index < -0.39 is 5.97 Å². The Hall–Kier alpha value is -1.35. The van der Waals surface area contributed by atoms with E-state index in [4.69, 9.17) is 0 Å². The summed E-state index contributed by atoms with van der Waals surface area (Å²) in [5, 5.41) is 9.19. The van der Waals surface area contributed by atoms with Crippen LogP contribution >= 0.6 is 0 Å². The molecule has 1 aromatic carbocycles. The first kappa shape index (κ1) is 14.6. The van der Waals surface area contributed by atoms with Crippen molar-refractivity contribution in [1.82, 2.24) is 4.90 Å². The zero-order valence-electron chi connectivity index (χ0n) is 12.7. The molecule has 3 heteroatoms. The van der Waals surface area contributed by atoms with Gasteiger partial charge in [0, 0.05) is 6.04 Å². The first-order valence-electron chi connectivity index (χ1n) is 8.29. The molecule has 0 bridgehead atoms. The summed E-state index contributed by atoms with van der Waals surface area (Å²) in [5.41, 5.74) is 4.31. The van der Waals surface area contributed by atoms with Crippen molar-refractivity contribution < 1.29 is 9.90 Å². The highest BCUT2D eigenvalue weighted by atomic mass is 16.4. The molecule has 1 unspecified atom stereocenters. The number of hydrogen-bond acceptors (Lipinski definition) is 2. The number of nitrogens with zero attached hydrogens (tertiary/aromatic N) is 1. The quantitative estimate of drug-likeness (QED) is 0.905. The third-order valence-corrected chi connectivity index (χ3v) is 4.95. The number of carboxylic acid groups (broad SMARTS) is 1. The number of fused-ring (bicyclic) bond motifs is 1. The second-order valence-corrected chi connectivity index (χ2v) is 6.51. The van der Waals surface area contributed by atoms with Crippen LogP contribution in [-0.4, -0.2) is 35.1 Å². The molecule has 1 aliphatic carbocycles. The lowest BCUT2D eigenvalue weighted by atomic mass is 9.89. The minimum atomic E-state index is -0.676. The monoisotopic (exact) mass is 287 g/mol. The van der Waals surface area contributed by atoms with E-state index in [2.05, 4.69) is 23.1 Å². The van der Waals surface area contributed by atoms with Crippen LogP contribution in [0.1, 0.15) is 48.8 Å². The van der Waals surface area contributed by atoms with Crippen LogP contribution in [0, 0.1) is 0 Å². The van der Waals surface area contributed by atoms with Gasteiger partial charge in [0.05, 0.1) is 6.42 Å². The smallest absolute Gasteiger partial charge is 0.304 e. The second kappa shape index (κ2) is 6.61. The number of aliphatic carboxylic acids is 1. The number of rotatable bonds is 5. The molecule has 3 nitrogen and oxygen atoms in total. The Labute approximate surface area is 127 Å². The Morgan fingerprint density at radius 3 is 2.52 bits per heavy atom. The van der Waals surface area contributed by atoms with Gasteiger partial charge in [0.1, 0.15) is 0 Å². The average Bonchev–Trinajstić information content (AvgIpc) is 3.00.